The van der Waals surface area contributed by atoms with Crippen LogP contribution in [0.5, 0.6) is 0 Å². The van der Waals surface area contributed by atoms with Crippen LogP contribution in [0.3, 0.4) is 0 Å². The molecule has 1 heterocycles. The molecule has 0 aliphatic heterocycles. The third-order valence-corrected chi connectivity index (χ3v) is 6.52. The molecule has 7 nitrogen and oxygen atoms in total. The van der Waals surface area contributed by atoms with Gasteiger partial charge in [-0.25, -0.2) is 9.78 Å². The second kappa shape index (κ2) is 8.91. The maximum absolute atomic E-state index is 12.6. The number of amides is 2. The summed E-state index contributed by atoms with van der Waals surface area (Å²) in [6, 6.07) is 8.19. The summed E-state index contributed by atoms with van der Waals surface area (Å²) in [6.45, 7) is 2.01. The number of anilines is 2. The van der Waals surface area contributed by atoms with Crippen molar-refractivity contribution in [3.63, 3.8) is 0 Å². The standard InChI is InChI=1S/C23H31ClN6O/c1-15-14-25-21(28-20(15)30(2)3)26-18-8-10-19(11-9-18)27-22(31)29-23(12-13-23)16-4-6-17(24)7-5-16/h4-7,14,18-19H,8-13H2,1-3H3,(H,25,26,28)(H2,27,29,31)/t18-,19+. The van der Waals surface area contributed by atoms with Crippen LogP contribution in [0.2, 0.25) is 5.02 Å². The predicted molar refractivity (Wildman–Crippen MR) is 125 cm³/mol. The molecule has 0 radical (unpaired) electrons. The lowest BCUT2D eigenvalue weighted by Crippen LogP contribution is -2.48. The summed E-state index contributed by atoms with van der Waals surface area (Å²) in [5, 5.41) is 10.5. The summed E-state index contributed by atoms with van der Waals surface area (Å²) in [4.78, 5) is 23.7. The first-order valence-electron chi connectivity index (χ1n) is 11.0. The molecule has 1 aromatic carbocycles. The molecular formula is C23H31ClN6O. The molecule has 1 aromatic heterocycles. The highest BCUT2D eigenvalue weighted by Crippen LogP contribution is 2.45. The fourth-order valence-corrected chi connectivity index (χ4v) is 4.46. The molecule has 2 aliphatic rings. The Balaban J connectivity index is 1.25. The Morgan fingerprint density at radius 2 is 1.74 bits per heavy atom. The normalized spacial score (nSPS) is 21.8. The van der Waals surface area contributed by atoms with Crippen molar-refractivity contribution in [3.8, 4) is 0 Å². The largest absolute Gasteiger partial charge is 0.362 e. The van der Waals surface area contributed by atoms with E-state index in [-0.39, 0.29) is 17.6 Å². The maximum Gasteiger partial charge on any atom is 0.315 e. The summed E-state index contributed by atoms with van der Waals surface area (Å²) >= 11 is 5.99. The second-order valence-corrected chi connectivity index (χ2v) is 9.41. The van der Waals surface area contributed by atoms with Crippen molar-refractivity contribution in [3.05, 3.63) is 46.6 Å². The lowest BCUT2D eigenvalue weighted by atomic mass is 9.91. The zero-order chi connectivity index (χ0) is 22.0. The third-order valence-electron chi connectivity index (χ3n) is 6.26. The summed E-state index contributed by atoms with van der Waals surface area (Å²) in [5.41, 5.74) is 1.94. The van der Waals surface area contributed by atoms with Crippen LogP contribution >= 0.6 is 11.6 Å². The van der Waals surface area contributed by atoms with Crippen LogP contribution < -0.4 is 20.9 Å². The van der Waals surface area contributed by atoms with E-state index in [4.69, 9.17) is 11.6 Å². The molecular weight excluding hydrogens is 412 g/mol. The molecule has 2 aromatic rings. The van der Waals surface area contributed by atoms with Gasteiger partial charge in [0.25, 0.3) is 0 Å². The zero-order valence-corrected chi connectivity index (χ0v) is 19.2. The van der Waals surface area contributed by atoms with Crippen molar-refractivity contribution < 1.29 is 4.79 Å². The number of benzene rings is 1. The fraction of sp³-hybridized carbons (Fsp3) is 0.522. The Morgan fingerprint density at radius 3 is 2.35 bits per heavy atom. The lowest BCUT2D eigenvalue weighted by Gasteiger charge is -2.30. The van der Waals surface area contributed by atoms with E-state index in [1.165, 1.54) is 0 Å². The first-order valence-corrected chi connectivity index (χ1v) is 11.3. The van der Waals surface area contributed by atoms with Crippen LogP contribution in [0.1, 0.15) is 49.7 Å². The van der Waals surface area contributed by atoms with Crippen molar-refractivity contribution in [2.45, 2.75) is 63.1 Å². The van der Waals surface area contributed by atoms with Crippen molar-refractivity contribution in [1.29, 1.82) is 0 Å². The van der Waals surface area contributed by atoms with E-state index >= 15 is 0 Å². The van der Waals surface area contributed by atoms with E-state index in [9.17, 15) is 4.79 Å². The molecule has 0 saturated heterocycles. The first kappa shape index (κ1) is 21.7. The molecule has 31 heavy (non-hydrogen) atoms. The van der Waals surface area contributed by atoms with Crippen LogP contribution in [0.4, 0.5) is 16.6 Å². The minimum Gasteiger partial charge on any atom is -0.362 e. The Bertz CT molecular complexity index is 920. The summed E-state index contributed by atoms with van der Waals surface area (Å²) < 4.78 is 0. The van der Waals surface area contributed by atoms with Crippen LogP contribution in [0, 0.1) is 6.92 Å². The molecule has 0 atom stereocenters. The molecule has 2 fully saturated rings. The third kappa shape index (κ3) is 5.21. The number of hydrogen-bond donors (Lipinski definition) is 3. The van der Waals surface area contributed by atoms with Crippen molar-refractivity contribution >= 4 is 29.4 Å². The summed E-state index contributed by atoms with van der Waals surface area (Å²) in [7, 11) is 3.97. The van der Waals surface area contributed by atoms with Gasteiger partial charge in [0, 0.05) is 43.0 Å². The van der Waals surface area contributed by atoms with Gasteiger partial charge < -0.3 is 20.9 Å². The number of aromatic nitrogens is 2. The van der Waals surface area contributed by atoms with Crippen molar-refractivity contribution in [1.82, 2.24) is 20.6 Å². The van der Waals surface area contributed by atoms with Crippen molar-refractivity contribution in [2.75, 3.05) is 24.3 Å². The Morgan fingerprint density at radius 1 is 1.10 bits per heavy atom. The van der Waals surface area contributed by atoms with E-state index < -0.39 is 0 Å². The average molecular weight is 443 g/mol. The lowest BCUT2D eigenvalue weighted by molar-refractivity contribution is 0.226. The van der Waals surface area contributed by atoms with Crippen LogP contribution in [0.15, 0.2) is 30.5 Å². The Hall–Kier alpha value is -2.54. The van der Waals surface area contributed by atoms with Gasteiger partial charge in [0.05, 0.1) is 5.54 Å². The topological polar surface area (TPSA) is 82.2 Å². The van der Waals surface area contributed by atoms with Gasteiger partial charge in [0.2, 0.25) is 5.95 Å². The van der Waals surface area contributed by atoms with Gasteiger partial charge >= 0.3 is 6.03 Å². The van der Waals surface area contributed by atoms with Gasteiger partial charge in [0.1, 0.15) is 5.82 Å². The molecule has 2 aliphatic carbocycles. The molecule has 3 N–H and O–H groups in total. The monoisotopic (exact) mass is 442 g/mol. The Kier molecular flexibility index (Phi) is 6.23. The minimum atomic E-state index is -0.236. The molecule has 2 amide bonds. The van der Waals surface area contributed by atoms with Gasteiger partial charge in [-0.1, -0.05) is 23.7 Å². The zero-order valence-electron chi connectivity index (χ0n) is 18.4. The maximum atomic E-state index is 12.6. The molecule has 0 unspecified atom stereocenters. The number of rotatable bonds is 6. The van der Waals surface area contributed by atoms with Crippen LogP contribution in [0.25, 0.3) is 0 Å². The highest BCUT2D eigenvalue weighted by atomic mass is 35.5. The van der Waals surface area contributed by atoms with E-state index in [0.717, 1.165) is 55.5 Å². The number of urea groups is 1. The number of nitrogens with one attached hydrogen (secondary N) is 3. The number of carbonyl (C=O) groups is 1. The highest BCUT2D eigenvalue weighted by Gasteiger charge is 2.45. The number of carbonyl (C=O) groups excluding carboxylic acids is 1. The molecule has 2 saturated carbocycles. The number of hydrogen-bond acceptors (Lipinski definition) is 5. The number of nitrogens with zero attached hydrogens (tertiary/aromatic N) is 3. The Labute approximate surface area is 189 Å². The SMILES string of the molecule is Cc1cnc(N[C@H]2CC[C@@H](NC(=O)NC3(c4ccc(Cl)cc4)CC3)CC2)nc1N(C)C. The molecule has 0 spiro atoms. The fourth-order valence-electron chi connectivity index (χ4n) is 4.34. The van der Waals surface area contributed by atoms with E-state index in [1.807, 2.05) is 56.4 Å². The molecule has 166 valence electrons. The smallest absolute Gasteiger partial charge is 0.315 e. The summed E-state index contributed by atoms with van der Waals surface area (Å²) in [5.74, 6) is 1.60. The average Bonchev–Trinajstić information content (AvgIpc) is 3.51. The minimum absolute atomic E-state index is 0.0821. The van der Waals surface area contributed by atoms with Crippen LogP contribution in [-0.4, -0.2) is 42.2 Å². The molecule has 4 rings (SSSR count). The van der Waals surface area contributed by atoms with E-state index in [1.54, 1.807) is 0 Å². The van der Waals surface area contributed by atoms with Gasteiger partial charge in [-0.2, -0.15) is 4.98 Å². The highest BCUT2D eigenvalue weighted by molar-refractivity contribution is 6.30. The molecule has 0 bridgehead atoms. The van der Waals surface area contributed by atoms with Gasteiger partial charge in [-0.15, -0.1) is 0 Å². The predicted octanol–water partition coefficient (Wildman–Crippen LogP) is 4.22. The first-order chi connectivity index (χ1) is 14.8. The van der Waals surface area contributed by atoms with Gasteiger partial charge in [-0.3, -0.25) is 0 Å². The van der Waals surface area contributed by atoms with E-state index in [0.29, 0.717) is 17.0 Å². The second-order valence-electron chi connectivity index (χ2n) is 8.98. The number of aryl methyl sites for hydroxylation is 1. The van der Waals surface area contributed by atoms with Gasteiger partial charge in [0.15, 0.2) is 0 Å². The van der Waals surface area contributed by atoms with E-state index in [2.05, 4.69) is 25.9 Å². The van der Waals surface area contributed by atoms with Crippen molar-refractivity contribution in [2.24, 2.45) is 0 Å². The van der Waals surface area contributed by atoms with Crippen LogP contribution in [-0.2, 0) is 5.54 Å². The van der Waals surface area contributed by atoms with Gasteiger partial charge in [-0.05, 0) is 63.1 Å². The number of halogens is 1. The summed E-state index contributed by atoms with van der Waals surface area (Å²) in [6.07, 6.45) is 7.60. The molecule has 8 heteroatoms. The quantitative estimate of drug-likeness (QED) is 0.624.